The van der Waals surface area contributed by atoms with E-state index >= 15 is 0 Å². The third-order valence-corrected chi connectivity index (χ3v) is 7.16. The maximum absolute atomic E-state index is 14.5. The fourth-order valence-electron chi connectivity index (χ4n) is 1.78. The van der Waals surface area contributed by atoms with Crippen LogP contribution in [0, 0.1) is 0 Å². The predicted octanol–water partition coefficient (Wildman–Crippen LogP) is 5.89. The minimum Gasteiger partial charge on any atom is -0.303 e. The van der Waals surface area contributed by atoms with E-state index < -0.39 is 18.8 Å². The monoisotopic (exact) mass is 446 g/mol. The van der Waals surface area contributed by atoms with Gasteiger partial charge in [-0.25, -0.2) is 0 Å². The second kappa shape index (κ2) is 13.9. The summed E-state index contributed by atoms with van der Waals surface area (Å²) in [4.78, 5) is 22.9. The van der Waals surface area contributed by atoms with Crippen molar-refractivity contribution in [1.82, 2.24) is 0 Å². The smallest absolute Gasteiger partial charge is 0.303 e. The van der Waals surface area contributed by atoms with E-state index in [1.165, 1.54) is 6.92 Å². The zero-order valence-corrected chi connectivity index (χ0v) is 18.7. The molecule has 0 aliphatic carbocycles. The lowest BCUT2D eigenvalue weighted by molar-refractivity contribution is -0.111. The van der Waals surface area contributed by atoms with E-state index in [4.69, 9.17) is 9.05 Å². The Labute approximate surface area is 168 Å². The highest BCUT2D eigenvalue weighted by molar-refractivity contribution is 8.13. The Morgan fingerprint density at radius 1 is 0.963 bits per heavy atom. The van der Waals surface area contributed by atoms with Crippen LogP contribution < -0.4 is 0 Å². The molecular weight excluding hydrogens is 417 g/mol. The molecule has 0 heterocycles. The second-order valence-electron chi connectivity index (χ2n) is 5.60. The topological polar surface area (TPSA) is 69.7 Å². The minimum atomic E-state index is -4.83. The van der Waals surface area contributed by atoms with Crippen LogP contribution in [0.15, 0.2) is 12.2 Å². The van der Waals surface area contributed by atoms with Gasteiger partial charge in [0.25, 0.3) is 0 Å². The van der Waals surface area contributed by atoms with Crippen LogP contribution in [0.5, 0.6) is 0 Å². The number of hydrogen-bond acceptors (Lipinski definition) is 7. The van der Waals surface area contributed by atoms with Gasteiger partial charge in [-0.15, -0.1) is 0 Å². The molecule has 0 atom stereocenters. The van der Waals surface area contributed by atoms with Gasteiger partial charge in [-0.3, -0.25) is 14.2 Å². The molecule has 0 fully saturated rings. The summed E-state index contributed by atoms with van der Waals surface area (Å²) in [7, 11) is -4.83. The lowest BCUT2D eigenvalue weighted by Crippen LogP contribution is -2.23. The number of hydrogen-bond donors (Lipinski definition) is 0. The van der Waals surface area contributed by atoms with Crippen molar-refractivity contribution in [3.05, 3.63) is 12.2 Å². The molecule has 0 aromatic heterocycles. The Balaban J connectivity index is 4.81. The first-order valence-corrected chi connectivity index (χ1v) is 12.4. The van der Waals surface area contributed by atoms with Crippen LogP contribution in [0.2, 0.25) is 0 Å². The summed E-state index contributed by atoms with van der Waals surface area (Å²) in [6.07, 6.45) is 2.06. The molecule has 0 saturated heterocycles. The first-order valence-electron chi connectivity index (χ1n) is 8.91. The molecule has 0 spiro atoms. The van der Waals surface area contributed by atoms with Gasteiger partial charge in [-0.1, -0.05) is 50.9 Å². The Kier molecular flexibility index (Phi) is 13.8. The van der Waals surface area contributed by atoms with E-state index in [-0.39, 0.29) is 41.4 Å². The van der Waals surface area contributed by atoms with Crippen molar-refractivity contribution in [3.8, 4) is 0 Å². The zero-order chi connectivity index (χ0) is 20.9. The molecule has 10 heteroatoms. The van der Waals surface area contributed by atoms with Crippen molar-refractivity contribution in [1.29, 1.82) is 0 Å². The van der Waals surface area contributed by atoms with Crippen LogP contribution in [0.3, 0.4) is 0 Å². The summed E-state index contributed by atoms with van der Waals surface area (Å²) in [5, 5.41) is -0.153. The lowest BCUT2D eigenvalue weighted by atomic mass is 10.2. The van der Waals surface area contributed by atoms with Crippen molar-refractivity contribution in [2.75, 3.05) is 24.7 Å². The molecule has 0 N–H and O–H groups in total. The molecular formula is C17H29F2O5PS2. The van der Waals surface area contributed by atoms with E-state index in [2.05, 4.69) is 6.58 Å². The molecule has 0 aromatic rings. The van der Waals surface area contributed by atoms with E-state index in [0.29, 0.717) is 25.7 Å². The molecule has 0 radical (unpaired) electrons. The van der Waals surface area contributed by atoms with Crippen LogP contribution in [-0.2, 0) is 23.2 Å². The standard InChI is InChI=1S/C17H29F2O5PS2/c1-5-8-15(20)26-12-10-23-25(22,17(18,19)14(4)7-3)24-11-13-27-16(21)9-6-2/h4-13H2,1-3H3. The Morgan fingerprint density at radius 2 is 1.37 bits per heavy atom. The average molecular weight is 447 g/mol. The third kappa shape index (κ3) is 9.70. The number of carbonyl (C=O) groups excluding carboxylic acids is 2. The normalized spacial score (nSPS) is 12.2. The van der Waals surface area contributed by atoms with Crippen molar-refractivity contribution in [2.45, 2.75) is 58.5 Å². The zero-order valence-electron chi connectivity index (χ0n) is 16.1. The molecule has 0 saturated carbocycles. The van der Waals surface area contributed by atoms with Gasteiger partial charge in [-0.2, -0.15) is 8.78 Å². The fraction of sp³-hybridized carbons (Fsp3) is 0.765. The van der Waals surface area contributed by atoms with Crippen molar-refractivity contribution >= 4 is 41.4 Å². The molecule has 27 heavy (non-hydrogen) atoms. The molecule has 0 amide bonds. The van der Waals surface area contributed by atoms with Gasteiger partial charge in [0.1, 0.15) is 0 Å². The first-order chi connectivity index (χ1) is 12.6. The average Bonchev–Trinajstić information content (AvgIpc) is 2.62. The third-order valence-electron chi connectivity index (χ3n) is 3.32. The molecule has 158 valence electrons. The highest BCUT2D eigenvalue weighted by Gasteiger charge is 2.55. The SMILES string of the molecule is C=C(CC)C(F)(F)P(=O)(OCCSC(=O)CCC)OCCSC(=O)CCC. The maximum atomic E-state index is 14.5. The van der Waals surface area contributed by atoms with Gasteiger partial charge >= 0.3 is 13.3 Å². The number of carbonyl (C=O) groups is 2. The van der Waals surface area contributed by atoms with Gasteiger partial charge in [-0.05, 0) is 19.3 Å². The van der Waals surface area contributed by atoms with Gasteiger partial charge < -0.3 is 9.05 Å². The highest BCUT2D eigenvalue weighted by Crippen LogP contribution is 2.65. The Morgan fingerprint density at radius 3 is 1.70 bits per heavy atom. The second-order valence-corrected chi connectivity index (χ2v) is 9.98. The largest absolute Gasteiger partial charge is 0.404 e. The van der Waals surface area contributed by atoms with E-state index in [0.717, 1.165) is 23.5 Å². The number of thioether (sulfide) groups is 2. The summed E-state index contributed by atoms with van der Waals surface area (Å²) < 4.78 is 51.7. The first kappa shape index (κ1) is 26.8. The maximum Gasteiger partial charge on any atom is 0.404 e. The summed E-state index contributed by atoms with van der Waals surface area (Å²) in [6, 6.07) is 0. The van der Waals surface area contributed by atoms with Crippen molar-refractivity contribution in [2.24, 2.45) is 0 Å². The minimum absolute atomic E-state index is 0.0765. The Bertz CT molecular complexity index is 513. The van der Waals surface area contributed by atoms with Crippen LogP contribution in [0.1, 0.15) is 52.9 Å². The van der Waals surface area contributed by atoms with Gasteiger partial charge in [0, 0.05) is 29.9 Å². The fourth-order valence-corrected chi connectivity index (χ4v) is 5.12. The van der Waals surface area contributed by atoms with Crippen molar-refractivity contribution in [3.63, 3.8) is 0 Å². The summed E-state index contributed by atoms with van der Waals surface area (Å²) in [5.74, 6) is 0.204. The molecule has 0 bridgehead atoms. The van der Waals surface area contributed by atoms with Crippen LogP contribution in [0.4, 0.5) is 8.78 Å². The van der Waals surface area contributed by atoms with Gasteiger partial charge in [0.05, 0.1) is 13.2 Å². The lowest BCUT2D eigenvalue weighted by Gasteiger charge is -2.27. The number of alkyl halides is 2. The molecule has 0 rings (SSSR count). The number of halogens is 2. The Hall–Kier alpha value is -0.210. The quantitative estimate of drug-likeness (QED) is 0.176. The molecule has 5 nitrogen and oxygen atoms in total. The number of allylic oxidation sites excluding steroid dienone is 1. The van der Waals surface area contributed by atoms with Crippen LogP contribution >= 0.6 is 31.1 Å². The van der Waals surface area contributed by atoms with Crippen molar-refractivity contribution < 1.29 is 32.0 Å². The highest BCUT2D eigenvalue weighted by atomic mass is 32.2. The predicted molar refractivity (Wildman–Crippen MR) is 109 cm³/mol. The molecule has 0 aliphatic heterocycles. The van der Waals surface area contributed by atoms with E-state index in [1.807, 2.05) is 13.8 Å². The summed E-state index contributed by atoms with van der Waals surface area (Å²) >= 11 is 1.90. The van der Waals surface area contributed by atoms with Gasteiger partial charge in [0.15, 0.2) is 10.2 Å². The summed E-state index contributed by atoms with van der Waals surface area (Å²) in [5.41, 5.74) is -4.38. The molecule has 0 aliphatic rings. The van der Waals surface area contributed by atoms with E-state index in [9.17, 15) is 22.9 Å². The van der Waals surface area contributed by atoms with Crippen LogP contribution in [0.25, 0.3) is 0 Å². The molecule has 0 unspecified atom stereocenters. The molecule has 0 aromatic carbocycles. The number of rotatable bonds is 15. The van der Waals surface area contributed by atoms with Crippen LogP contribution in [-0.4, -0.2) is 40.6 Å². The van der Waals surface area contributed by atoms with Gasteiger partial charge in [0.2, 0.25) is 0 Å². The van der Waals surface area contributed by atoms with E-state index in [1.54, 1.807) is 0 Å². The summed E-state index contributed by atoms with van der Waals surface area (Å²) in [6.45, 7) is 7.83.